The van der Waals surface area contributed by atoms with Gasteiger partial charge >= 0.3 is 12.1 Å². The van der Waals surface area contributed by atoms with Gasteiger partial charge in [0.25, 0.3) is 5.91 Å². The third-order valence-electron chi connectivity index (χ3n) is 5.02. The minimum atomic E-state index is -5.08. The van der Waals surface area contributed by atoms with Crippen molar-refractivity contribution in [2.75, 3.05) is 19.8 Å². The zero-order valence-electron chi connectivity index (χ0n) is 16.8. The summed E-state index contributed by atoms with van der Waals surface area (Å²) >= 11 is 0. The highest BCUT2D eigenvalue weighted by molar-refractivity contribution is 5.92. The molecule has 4 rings (SSSR count). The van der Waals surface area contributed by atoms with Gasteiger partial charge in [0.1, 0.15) is 5.69 Å². The fraction of sp³-hybridized carbons (Fsp3) is 0.450. The maximum absolute atomic E-state index is 12.8. The van der Waals surface area contributed by atoms with Crippen LogP contribution in [0.4, 0.5) is 13.2 Å². The fourth-order valence-electron chi connectivity index (χ4n) is 3.63. The van der Waals surface area contributed by atoms with E-state index in [1.54, 1.807) is 18.6 Å². The number of alkyl halides is 3. The average molecular weight is 454 g/mol. The van der Waals surface area contributed by atoms with Crippen molar-refractivity contribution in [3.63, 3.8) is 0 Å². The monoisotopic (exact) mass is 454 g/mol. The first-order valence-corrected chi connectivity index (χ1v) is 9.78. The molecule has 1 amide bonds. The van der Waals surface area contributed by atoms with E-state index in [2.05, 4.69) is 15.0 Å². The van der Waals surface area contributed by atoms with Gasteiger partial charge in [0.2, 0.25) is 5.88 Å². The van der Waals surface area contributed by atoms with Crippen molar-refractivity contribution in [1.29, 1.82) is 0 Å². The summed E-state index contributed by atoms with van der Waals surface area (Å²) < 4.78 is 43.4. The molecule has 2 fully saturated rings. The van der Waals surface area contributed by atoms with Crippen LogP contribution >= 0.6 is 0 Å². The number of amides is 1. The highest BCUT2D eigenvalue weighted by Gasteiger charge is 2.43. The number of carboxylic acid groups (broad SMARTS) is 1. The number of morpholine rings is 1. The maximum Gasteiger partial charge on any atom is 0.490 e. The molecule has 2 aliphatic rings. The number of carbonyl (C=O) groups excluding carboxylic acids is 1. The van der Waals surface area contributed by atoms with Crippen molar-refractivity contribution in [2.45, 2.75) is 31.2 Å². The minimum absolute atomic E-state index is 0.0618. The third-order valence-corrected chi connectivity index (χ3v) is 5.02. The van der Waals surface area contributed by atoms with Crippen molar-refractivity contribution in [3.8, 4) is 5.88 Å². The lowest BCUT2D eigenvalue weighted by atomic mass is 10.1. The van der Waals surface area contributed by atoms with Gasteiger partial charge in [-0.25, -0.2) is 14.8 Å². The molecule has 9 nitrogen and oxygen atoms in total. The van der Waals surface area contributed by atoms with Gasteiger partial charge in [0, 0.05) is 31.2 Å². The fourth-order valence-corrected chi connectivity index (χ4v) is 3.63. The van der Waals surface area contributed by atoms with E-state index in [9.17, 15) is 18.0 Å². The lowest BCUT2D eigenvalue weighted by Crippen LogP contribution is -2.51. The van der Waals surface area contributed by atoms with Crippen LogP contribution < -0.4 is 4.74 Å². The summed E-state index contributed by atoms with van der Waals surface area (Å²) in [6, 6.07) is 5.69. The lowest BCUT2D eigenvalue weighted by Gasteiger charge is -2.37. The van der Waals surface area contributed by atoms with Crippen LogP contribution in [0.25, 0.3) is 0 Å². The Morgan fingerprint density at radius 2 is 1.97 bits per heavy atom. The first-order chi connectivity index (χ1) is 15.3. The van der Waals surface area contributed by atoms with E-state index < -0.39 is 12.1 Å². The molecule has 0 bridgehead atoms. The number of hydrogen-bond acceptors (Lipinski definition) is 7. The summed E-state index contributed by atoms with van der Waals surface area (Å²) in [6.45, 7) is 1.73. The Balaban J connectivity index is 0.000000360. The van der Waals surface area contributed by atoms with Crippen LogP contribution in [-0.4, -0.2) is 74.9 Å². The van der Waals surface area contributed by atoms with Gasteiger partial charge in [-0.3, -0.25) is 9.78 Å². The summed E-state index contributed by atoms with van der Waals surface area (Å²) in [5, 5.41) is 7.12. The molecular weight excluding hydrogens is 433 g/mol. The van der Waals surface area contributed by atoms with E-state index >= 15 is 0 Å². The number of ether oxygens (including phenoxy) is 2. The second kappa shape index (κ2) is 10.4. The molecule has 1 aliphatic carbocycles. The highest BCUT2D eigenvalue weighted by atomic mass is 19.4. The summed E-state index contributed by atoms with van der Waals surface area (Å²) in [6.07, 6.45) is 3.08. The SMILES string of the molecule is O=C(O)C(F)(F)F.O=C(c1cnccn1)N1CCO[C@H]2CC(COc3ccccn3)C[C@@H]21. The van der Waals surface area contributed by atoms with Crippen LogP contribution in [0.5, 0.6) is 5.88 Å². The lowest BCUT2D eigenvalue weighted by molar-refractivity contribution is -0.192. The average Bonchev–Trinajstić information content (AvgIpc) is 3.21. The highest BCUT2D eigenvalue weighted by Crippen LogP contribution is 2.35. The number of aromatic nitrogens is 3. The number of hydrogen-bond donors (Lipinski definition) is 1. The Bertz CT molecular complexity index is 901. The molecule has 3 heterocycles. The number of rotatable bonds is 4. The Morgan fingerprint density at radius 3 is 2.59 bits per heavy atom. The van der Waals surface area contributed by atoms with Crippen LogP contribution in [-0.2, 0) is 9.53 Å². The molecule has 1 N–H and O–H groups in total. The number of fused-ring (bicyclic) bond motifs is 1. The topological polar surface area (TPSA) is 115 Å². The van der Waals surface area contributed by atoms with Crippen LogP contribution in [0.3, 0.4) is 0 Å². The molecule has 3 atom stereocenters. The van der Waals surface area contributed by atoms with E-state index in [1.807, 2.05) is 23.1 Å². The van der Waals surface area contributed by atoms with E-state index in [-0.39, 0.29) is 18.1 Å². The summed E-state index contributed by atoms with van der Waals surface area (Å²) in [5.74, 6) is -1.86. The molecule has 0 aromatic carbocycles. The quantitative estimate of drug-likeness (QED) is 0.748. The molecule has 1 saturated carbocycles. The van der Waals surface area contributed by atoms with Gasteiger partial charge in [-0.2, -0.15) is 13.2 Å². The van der Waals surface area contributed by atoms with Crippen molar-refractivity contribution in [1.82, 2.24) is 19.9 Å². The second-order valence-corrected chi connectivity index (χ2v) is 7.19. The molecule has 2 aromatic rings. The number of nitrogens with zero attached hydrogens (tertiary/aromatic N) is 4. The van der Waals surface area contributed by atoms with E-state index in [1.165, 1.54) is 6.20 Å². The molecule has 12 heteroatoms. The van der Waals surface area contributed by atoms with Crippen LogP contribution in [0.15, 0.2) is 43.0 Å². The van der Waals surface area contributed by atoms with Crippen LogP contribution in [0.1, 0.15) is 23.3 Å². The van der Waals surface area contributed by atoms with Crippen molar-refractivity contribution >= 4 is 11.9 Å². The van der Waals surface area contributed by atoms with E-state index in [0.717, 1.165) is 12.8 Å². The Hall–Kier alpha value is -3.28. The first kappa shape index (κ1) is 23.4. The van der Waals surface area contributed by atoms with Gasteiger partial charge in [-0.1, -0.05) is 6.07 Å². The molecule has 172 valence electrons. The summed E-state index contributed by atoms with van der Waals surface area (Å²) in [5.41, 5.74) is 0.385. The second-order valence-electron chi connectivity index (χ2n) is 7.19. The normalized spacial score (nSPS) is 22.3. The first-order valence-electron chi connectivity index (χ1n) is 9.78. The van der Waals surface area contributed by atoms with Crippen LogP contribution in [0, 0.1) is 5.92 Å². The van der Waals surface area contributed by atoms with Crippen molar-refractivity contribution in [2.24, 2.45) is 5.92 Å². The van der Waals surface area contributed by atoms with Gasteiger partial charge in [-0.05, 0) is 24.8 Å². The largest absolute Gasteiger partial charge is 0.490 e. The molecule has 32 heavy (non-hydrogen) atoms. The number of carboxylic acids is 1. The molecular formula is C20H21F3N4O5. The third kappa shape index (κ3) is 6.13. The number of carbonyl (C=O) groups is 2. The molecule has 2 aromatic heterocycles. The Kier molecular flexibility index (Phi) is 7.57. The molecule has 1 saturated heterocycles. The van der Waals surface area contributed by atoms with Gasteiger partial charge in [0.15, 0.2) is 0 Å². The minimum Gasteiger partial charge on any atom is -0.477 e. The summed E-state index contributed by atoms with van der Waals surface area (Å²) in [4.78, 5) is 35.9. The smallest absolute Gasteiger partial charge is 0.477 e. The predicted molar refractivity (Wildman–Crippen MR) is 103 cm³/mol. The van der Waals surface area contributed by atoms with Gasteiger partial charge in [0.05, 0.1) is 31.6 Å². The van der Waals surface area contributed by atoms with E-state index in [4.69, 9.17) is 19.4 Å². The number of aliphatic carboxylic acids is 1. The maximum atomic E-state index is 12.8. The number of halogens is 3. The van der Waals surface area contributed by atoms with Crippen LogP contribution in [0.2, 0.25) is 0 Å². The summed E-state index contributed by atoms with van der Waals surface area (Å²) in [7, 11) is 0. The molecule has 0 radical (unpaired) electrons. The van der Waals surface area contributed by atoms with Gasteiger partial charge < -0.3 is 19.5 Å². The predicted octanol–water partition coefficient (Wildman–Crippen LogP) is 2.20. The number of pyridine rings is 1. The Morgan fingerprint density at radius 1 is 1.19 bits per heavy atom. The standard InChI is InChI=1S/C18H20N4O3.C2HF3O2/c23-18(14-11-19-5-6-20-14)22-7-8-24-16-10-13(9-15(16)22)12-25-17-3-1-2-4-21-17;3-2(4,5)1(6)7/h1-6,11,13,15-16H,7-10,12H2;(H,6,7)/t13?,15-,16-;/m0./s1. The van der Waals surface area contributed by atoms with Crippen molar-refractivity contribution in [3.05, 3.63) is 48.7 Å². The van der Waals surface area contributed by atoms with Gasteiger partial charge in [-0.15, -0.1) is 0 Å². The molecule has 0 spiro atoms. The Labute approximate surface area is 181 Å². The van der Waals surface area contributed by atoms with E-state index in [0.29, 0.717) is 37.3 Å². The zero-order chi connectivity index (χ0) is 23.1. The zero-order valence-corrected chi connectivity index (χ0v) is 16.8. The molecule has 1 unspecified atom stereocenters. The molecule has 1 aliphatic heterocycles. The van der Waals surface area contributed by atoms with Crippen molar-refractivity contribution < 1.29 is 37.3 Å².